The van der Waals surface area contributed by atoms with Crippen molar-refractivity contribution in [1.29, 1.82) is 0 Å². The molecule has 0 bridgehead atoms. The second kappa shape index (κ2) is 7.65. The fourth-order valence-corrected chi connectivity index (χ4v) is 3.15. The van der Waals surface area contributed by atoms with Gasteiger partial charge in [-0.15, -0.1) is 11.3 Å². The first kappa shape index (κ1) is 16.1. The van der Waals surface area contributed by atoms with Gasteiger partial charge in [0.1, 0.15) is 11.9 Å². The summed E-state index contributed by atoms with van der Waals surface area (Å²) in [6, 6.07) is 11.8. The van der Waals surface area contributed by atoms with Crippen molar-refractivity contribution in [2.24, 2.45) is 0 Å². The minimum Gasteiger partial charge on any atom is -0.485 e. The quantitative estimate of drug-likeness (QED) is 0.706. The number of hydrogen-bond acceptors (Lipinski definition) is 3. The summed E-state index contributed by atoms with van der Waals surface area (Å²) in [5.41, 5.74) is 0. The van der Waals surface area contributed by atoms with Crippen LogP contribution < -0.4 is 4.74 Å². The number of benzene rings is 1. The van der Waals surface area contributed by atoms with E-state index in [4.69, 9.17) is 9.84 Å². The zero-order valence-electron chi connectivity index (χ0n) is 11.5. The van der Waals surface area contributed by atoms with E-state index in [1.165, 1.54) is 4.90 Å². The molecule has 6 heteroatoms. The molecule has 0 saturated carbocycles. The van der Waals surface area contributed by atoms with E-state index in [-0.39, 0.29) is 6.10 Å². The van der Waals surface area contributed by atoms with Crippen molar-refractivity contribution >= 4 is 40.0 Å². The second-order valence-electron chi connectivity index (χ2n) is 4.57. The molecule has 0 saturated heterocycles. The SMILES string of the molecule is CN(CCC(Oc1cccc(I)c1)c1cccs1)C(=O)O. The lowest BCUT2D eigenvalue weighted by atomic mass is 10.2. The molecule has 4 nitrogen and oxygen atoms in total. The third-order valence-corrected chi connectivity index (χ3v) is 4.62. The van der Waals surface area contributed by atoms with Crippen molar-refractivity contribution < 1.29 is 14.6 Å². The van der Waals surface area contributed by atoms with Crippen molar-refractivity contribution in [2.45, 2.75) is 12.5 Å². The fourth-order valence-electron chi connectivity index (χ4n) is 1.84. The van der Waals surface area contributed by atoms with Crippen LogP contribution in [0, 0.1) is 3.57 Å². The molecule has 1 N–H and O–H groups in total. The van der Waals surface area contributed by atoms with Crippen LogP contribution in [0.4, 0.5) is 4.79 Å². The third-order valence-electron chi connectivity index (χ3n) is 2.99. The molecule has 1 heterocycles. The minimum absolute atomic E-state index is 0.134. The molecule has 0 fully saturated rings. The average molecular weight is 417 g/mol. The van der Waals surface area contributed by atoms with Crippen LogP contribution in [0.1, 0.15) is 17.4 Å². The molecule has 21 heavy (non-hydrogen) atoms. The van der Waals surface area contributed by atoms with Crippen LogP contribution in [0.5, 0.6) is 5.75 Å². The van der Waals surface area contributed by atoms with Crippen LogP contribution in [-0.4, -0.2) is 29.7 Å². The first-order chi connectivity index (χ1) is 10.1. The van der Waals surface area contributed by atoms with E-state index >= 15 is 0 Å². The van der Waals surface area contributed by atoms with E-state index in [0.717, 1.165) is 14.2 Å². The van der Waals surface area contributed by atoms with Gasteiger partial charge in [-0.2, -0.15) is 0 Å². The van der Waals surface area contributed by atoms with Crippen LogP contribution in [0.3, 0.4) is 0 Å². The summed E-state index contributed by atoms with van der Waals surface area (Å²) < 4.78 is 7.16. The summed E-state index contributed by atoms with van der Waals surface area (Å²) in [6.07, 6.45) is -0.436. The molecule has 0 spiro atoms. The Morgan fingerprint density at radius 3 is 2.86 bits per heavy atom. The van der Waals surface area contributed by atoms with Crippen molar-refractivity contribution in [2.75, 3.05) is 13.6 Å². The highest BCUT2D eigenvalue weighted by Gasteiger charge is 2.17. The predicted molar refractivity (Wildman–Crippen MR) is 92.1 cm³/mol. The number of hydrogen-bond donors (Lipinski definition) is 1. The molecule has 1 aromatic carbocycles. The average Bonchev–Trinajstić information content (AvgIpc) is 2.97. The van der Waals surface area contributed by atoms with Gasteiger partial charge < -0.3 is 14.7 Å². The Hall–Kier alpha value is -1.28. The molecule has 1 atom stereocenters. The molecule has 1 amide bonds. The molecular weight excluding hydrogens is 401 g/mol. The Labute approximate surface area is 141 Å². The van der Waals surface area contributed by atoms with E-state index in [1.54, 1.807) is 18.4 Å². The monoisotopic (exact) mass is 417 g/mol. The number of carboxylic acid groups (broad SMARTS) is 1. The Bertz CT molecular complexity index is 588. The van der Waals surface area contributed by atoms with Gasteiger partial charge >= 0.3 is 6.09 Å². The molecule has 1 aromatic heterocycles. The standard InChI is InChI=1S/C15H16INO3S/c1-17(15(18)19)8-7-13(14-6-3-9-21-14)20-12-5-2-4-11(16)10-12/h2-6,9-10,13H,7-8H2,1H3,(H,18,19). The summed E-state index contributed by atoms with van der Waals surface area (Å²) in [4.78, 5) is 13.3. The van der Waals surface area contributed by atoms with Crippen LogP contribution in [-0.2, 0) is 0 Å². The lowest BCUT2D eigenvalue weighted by Crippen LogP contribution is -2.27. The van der Waals surface area contributed by atoms with Crippen molar-refractivity contribution in [3.05, 3.63) is 50.2 Å². The molecular formula is C15H16INO3S. The first-order valence-electron chi connectivity index (χ1n) is 6.46. The van der Waals surface area contributed by atoms with E-state index < -0.39 is 6.09 Å². The molecule has 0 aliphatic rings. The van der Waals surface area contributed by atoms with Gasteiger partial charge in [-0.25, -0.2) is 4.79 Å². The fraction of sp³-hybridized carbons (Fsp3) is 0.267. The van der Waals surface area contributed by atoms with Crippen molar-refractivity contribution in [3.8, 4) is 5.75 Å². The molecule has 0 aliphatic carbocycles. The summed E-state index contributed by atoms with van der Waals surface area (Å²) >= 11 is 3.86. The summed E-state index contributed by atoms with van der Waals surface area (Å²) in [7, 11) is 1.57. The Balaban J connectivity index is 2.08. The van der Waals surface area contributed by atoms with Gasteiger partial charge in [0.15, 0.2) is 0 Å². The molecule has 0 aliphatic heterocycles. The van der Waals surface area contributed by atoms with Crippen molar-refractivity contribution in [3.63, 3.8) is 0 Å². The Morgan fingerprint density at radius 1 is 1.43 bits per heavy atom. The van der Waals surface area contributed by atoms with Gasteiger partial charge in [0.05, 0.1) is 0 Å². The summed E-state index contributed by atoms with van der Waals surface area (Å²) in [5.74, 6) is 0.804. The number of halogens is 1. The van der Waals surface area contributed by atoms with Gasteiger partial charge in [0, 0.05) is 28.5 Å². The van der Waals surface area contributed by atoms with Gasteiger partial charge in [-0.3, -0.25) is 0 Å². The summed E-state index contributed by atoms with van der Waals surface area (Å²) in [6.45, 7) is 0.432. The highest BCUT2D eigenvalue weighted by Crippen LogP contribution is 2.29. The van der Waals surface area contributed by atoms with Crippen LogP contribution in [0.25, 0.3) is 0 Å². The van der Waals surface area contributed by atoms with Crippen LogP contribution in [0.2, 0.25) is 0 Å². The number of thiophene rings is 1. The maximum absolute atomic E-state index is 10.9. The Kier molecular flexibility index (Phi) is 5.86. The molecule has 1 unspecified atom stereocenters. The van der Waals surface area contributed by atoms with Crippen LogP contribution in [0.15, 0.2) is 41.8 Å². The highest BCUT2D eigenvalue weighted by atomic mass is 127. The number of ether oxygens (including phenoxy) is 1. The summed E-state index contributed by atoms with van der Waals surface area (Å²) in [5, 5.41) is 10.9. The third kappa shape index (κ3) is 4.89. The van der Waals surface area contributed by atoms with Gasteiger partial charge in [0.25, 0.3) is 0 Å². The van der Waals surface area contributed by atoms with E-state index in [2.05, 4.69) is 22.6 Å². The zero-order valence-corrected chi connectivity index (χ0v) is 14.5. The van der Waals surface area contributed by atoms with Crippen molar-refractivity contribution in [1.82, 2.24) is 4.90 Å². The maximum atomic E-state index is 10.9. The number of carbonyl (C=O) groups is 1. The normalized spacial score (nSPS) is 11.9. The number of nitrogens with zero attached hydrogens (tertiary/aromatic N) is 1. The zero-order chi connectivity index (χ0) is 15.2. The highest BCUT2D eigenvalue weighted by molar-refractivity contribution is 14.1. The molecule has 112 valence electrons. The smallest absolute Gasteiger partial charge is 0.407 e. The lowest BCUT2D eigenvalue weighted by Gasteiger charge is -2.21. The largest absolute Gasteiger partial charge is 0.485 e. The number of rotatable bonds is 6. The van der Waals surface area contributed by atoms with Gasteiger partial charge in [-0.05, 0) is 52.2 Å². The van der Waals surface area contributed by atoms with Gasteiger partial charge in [-0.1, -0.05) is 12.1 Å². The maximum Gasteiger partial charge on any atom is 0.407 e. The molecule has 0 radical (unpaired) electrons. The molecule has 2 rings (SSSR count). The number of amides is 1. The van der Waals surface area contributed by atoms with Crippen LogP contribution >= 0.6 is 33.9 Å². The van der Waals surface area contributed by atoms with Gasteiger partial charge in [0.2, 0.25) is 0 Å². The van der Waals surface area contributed by atoms with E-state index in [9.17, 15) is 4.79 Å². The molecule has 2 aromatic rings. The lowest BCUT2D eigenvalue weighted by molar-refractivity contribution is 0.141. The van der Waals surface area contributed by atoms with E-state index in [0.29, 0.717) is 13.0 Å². The topological polar surface area (TPSA) is 49.8 Å². The van der Waals surface area contributed by atoms with E-state index in [1.807, 2.05) is 41.8 Å². The minimum atomic E-state index is -0.922. The predicted octanol–water partition coefficient (Wildman–Crippen LogP) is 4.47. The second-order valence-corrected chi connectivity index (χ2v) is 6.80. The Morgan fingerprint density at radius 2 is 2.24 bits per heavy atom. The first-order valence-corrected chi connectivity index (χ1v) is 8.42.